The molecule has 12 saturated carbocycles. The van der Waals surface area contributed by atoms with Crippen molar-refractivity contribution in [3.63, 3.8) is 0 Å². The number of esters is 3. The minimum Gasteiger partial charge on any atom is -0.870 e. The molecule has 0 bridgehead atoms. The molecule has 7 N–H and O–H groups in total. The zero-order chi connectivity index (χ0) is 104. The molecule has 4 aromatic rings. The first-order chi connectivity index (χ1) is 66.9. The second-order valence-corrected chi connectivity index (χ2v) is 52.9. The number of benzene rings is 3. The van der Waals surface area contributed by atoms with Crippen LogP contribution in [0.4, 0.5) is 10.8 Å². The molecule has 3 aromatic carbocycles. The third-order valence-corrected chi connectivity index (χ3v) is 44.0. The van der Waals surface area contributed by atoms with Gasteiger partial charge in [-0.05, 0) is 380 Å². The van der Waals surface area contributed by atoms with E-state index in [2.05, 4.69) is 177 Å². The number of halogens is 3. The van der Waals surface area contributed by atoms with Gasteiger partial charge in [0.25, 0.3) is 5.91 Å². The molecule has 145 heavy (non-hydrogen) atoms. The minimum absolute atomic E-state index is 0. The van der Waals surface area contributed by atoms with Gasteiger partial charge < -0.3 is 40.1 Å². The van der Waals surface area contributed by atoms with Crippen LogP contribution in [0.15, 0.2) is 116 Å². The van der Waals surface area contributed by atoms with Crippen molar-refractivity contribution in [2.75, 3.05) is 11.9 Å². The van der Waals surface area contributed by atoms with Crippen molar-refractivity contribution in [3.05, 3.63) is 132 Å². The van der Waals surface area contributed by atoms with Gasteiger partial charge in [0.05, 0.1) is 17.6 Å². The average molecular weight is 2050 g/mol. The zero-order valence-corrected chi connectivity index (χ0v) is 93.4. The fraction of sp³-hybridized carbons (Fsp3) is 0.695. The summed E-state index contributed by atoms with van der Waals surface area (Å²) in [4.78, 5) is 130. The molecule has 15 aliphatic carbocycles. The summed E-state index contributed by atoms with van der Waals surface area (Å²) in [5.74, 6) is 9.20. The number of urea groups is 1. The predicted octanol–water partition coefficient (Wildman–Crippen LogP) is 22.7. The fourth-order valence-corrected chi connectivity index (χ4v) is 36.9. The Morgan fingerprint density at radius 2 is 0.786 bits per heavy atom. The van der Waals surface area contributed by atoms with Gasteiger partial charge in [0, 0.05) is 88.0 Å². The number of hydrogen-bond acceptors (Lipinski definition) is 20. The number of ether oxygens (including phenoxy) is 3. The molecule has 1 aromatic heterocycles. The van der Waals surface area contributed by atoms with Crippen LogP contribution in [0.25, 0.3) is 11.5 Å². The van der Waals surface area contributed by atoms with Gasteiger partial charge in [-0.3, -0.25) is 43.8 Å². The minimum atomic E-state index is -0.733. The molecule has 0 unspecified atom stereocenters. The number of carbonyl (C=O) groups is 9. The van der Waals surface area contributed by atoms with Crippen LogP contribution in [0, 0.1) is 136 Å². The molecule has 27 heteroatoms. The molecule has 0 radical (unpaired) electrons. The summed E-state index contributed by atoms with van der Waals surface area (Å²) in [6.07, 6.45) is 27.5. The Bertz CT molecular complexity index is 5840. The molecule has 24 atom stereocenters. The summed E-state index contributed by atoms with van der Waals surface area (Å²) in [6, 6.07) is 20.5. The van der Waals surface area contributed by atoms with Gasteiger partial charge >= 0.3 is 48.8 Å². The van der Waals surface area contributed by atoms with E-state index in [0.717, 1.165) is 170 Å². The first-order valence-electron chi connectivity index (χ1n) is 53.8. The second-order valence-electron chi connectivity index (χ2n) is 51.6. The maximum absolute atomic E-state index is 14.0. The summed E-state index contributed by atoms with van der Waals surface area (Å²) in [7, 11) is 0. The fourth-order valence-electron chi connectivity index (χ4n) is 36.5. The van der Waals surface area contributed by atoms with Gasteiger partial charge in [-0.25, -0.2) is 15.4 Å². The average Bonchev–Trinajstić information content (AvgIpc) is 1.67. The van der Waals surface area contributed by atoms with E-state index in [0.29, 0.717) is 98.8 Å². The van der Waals surface area contributed by atoms with Gasteiger partial charge in [0.2, 0.25) is 12.0 Å². The Hall–Kier alpha value is -7.58. The molecule has 1 heterocycles. The van der Waals surface area contributed by atoms with Crippen molar-refractivity contribution < 1.29 is 90.9 Å². The van der Waals surface area contributed by atoms with Crippen LogP contribution in [0.2, 0.25) is 15.1 Å². The van der Waals surface area contributed by atoms with Crippen molar-refractivity contribution in [1.29, 1.82) is 0 Å². The molecule has 15 aliphatic rings. The van der Waals surface area contributed by atoms with E-state index < -0.39 is 22.6 Å². The number of amides is 3. The zero-order valence-electron chi connectivity index (χ0n) is 91.1. The van der Waals surface area contributed by atoms with Gasteiger partial charge in [0.1, 0.15) is 23.9 Å². The summed E-state index contributed by atoms with van der Waals surface area (Å²) < 4.78 is 23.9. The number of hydrogen-bond donors (Lipinski definition) is 5. The summed E-state index contributed by atoms with van der Waals surface area (Å²) >= 11 is 17.7. The first-order valence-corrected chi connectivity index (χ1v) is 54.9. The third kappa shape index (κ3) is 18.6. The smallest absolute Gasteiger partial charge is 0.870 e. The van der Waals surface area contributed by atoms with Crippen LogP contribution in [-0.2, 0) is 47.8 Å². The Kier molecular flexibility index (Phi) is 31.6. The number of rotatable bonds is 15. The molecular formula is C118H162Cl3LiN8O15. The van der Waals surface area contributed by atoms with Crippen LogP contribution >= 0.6 is 34.8 Å². The van der Waals surface area contributed by atoms with Crippen LogP contribution in [0.3, 0.4) is 0 Å². The van der Waals surface area contributed by atoms with Crippen LogP contribution < -0.4 is 46.1 Å². The number of allylic oxidation sites excluding steroid dienone is 3. The quantitative estimate of drug-likeness (QED) is 0.00849. The van der Waals surface area contributed by atoms with E-state index in [1.54, 1.807) is 55.5 Å². The van der Waals surface area contributed by atoms with Crippen molar-refractivity contribution in [2.24, 2.45) is 147 Å². The largest absolute Gasteiger partial charge is 1.00 e. The molecule has 3 amide bonds. The normalized spacial score (nSPS) is 37.9. The van der Waals surface area contributed by atoms with Gasteiger partial charge in [-0.1, -0.05) is 185 Å². The molecule has 0 spiro atoms. The summed E-state index contributed by atoms with van der Waals surface area (Å²) in [6.45, 7) is 54.2. The maximum atomic E-state index is 14.0. The Balaban J connectivity index is 0.000000163. The summed E-state index contributed by atoms with van der Waals surface area (Å²) in [5, 5.41) is 20.4. The number of isocyanates is 1. The number of nitrogens with zero attached hydrogens (tertiary/aromatic N) is 3. The monoisotopic (exact) mass is 2040 g/mol. The van der Waals surface area contributed by atoms with Crippen LogP contribution in [0.5, 0.6) is 0 Å². The first kappa shape index (κ1) is 113. The number of carbonyl (C=O) groups excluding carboxylic acids is 10. The van der Waals surface area contributed by atoms with E-state index in [-0.39, 0.29) is 197 Å². The predicted molar refractivity (Wildman–Crippen MR) is 560 cm³/mol. The standard InChI is InChI=1S/C40H55ClN2O5.C39H52ClN3O4.C32H47NO4.C7H7ClN2O.Li.H2O/c1-23(2)33-28(45)21-40(43-35(47)42-22-29(46)25-9-11-26(41)12-10-25)20-19-38(7)27(34(33)40)13-14-31-37(6)17-16-32(48-24(3)44)36(4,5)30(37)15-18-39(31,38)8;1-22(2)31-27(45)21-39(41-34-43-42-33(47-34)24-9-11-25(40)12-10-24)20-19-37(7)26(32(31)39)13-14-29-36(6)17-16-30(46-23(3)44)35(4,5)28(36)15-18-38(29,37)8;1-19(2)26-22(36)17-32(33-18-34)16-15-30(7)21(27(26)32)9-10-24-29(6)13-12-25(37-20(3)35)28(4,5)23(29)11-14-31(24,30)8;8-6-3-1-5(2-4-6)7(11)10-9;;/h9-12,23,27,30-32H,13-22H2,1-8H3,(H2,42,43,47);9-12,22,26,28-30H,13-21H2,1-8H3,(H,41,43);19,21,23-25H,9-17H2,1-8H3;1-4H,9H2,(H,10,11);;1H2/q;;;;+1;/p-1/t27-,30+,31-,32+,37+,38-,39-,40-;26-,28+,29-,30+,36+,37-,38-,39-;21-,23+,24-,25+,29+,30-,31-,32-;;;/m111.../s1. The number of fused-ring (bicyclic) bond motifs is 21. The van der Waals surface area contributed by atoms with E-state index in [1.807, 2.05) is 35.8 Å². The molecule has 19 rings (SSSR count). The molecule has 0 aliphatic heterocycles. The molecule has 786 valence electrons. The van der Waals surface area contributed by atoms with Crippen molar-refractivity contribution in [1.82, 2.24) is 26.3 Å². The van der Waals surface area contributed by atoms with Crippen LogP contribution in [-0.4, -0.2) is 116 Å². The van der Waals surface area contributed by atoms with Crippen molar-refractivity contribution >= 4 is 99.9 Å². The topological polar surface area (TPSA) is 354 Å². The Morgan fingerprint density at radius 1 is 0.434 bits per heavy atom. The van der Waals surface area contributed by atoms with Crippen molar-refractivity contribution in [2.45, 2.75) is 374 Å². The maximum Gasteiger partial charge on any atom is 1.00 e. The molecule has 0 saturated heterocycles. The number of aliphatic imine (C=N–C) groups is 1. The second kappa shape index (κ2) is 40.5. The van der Waals surface area contributed by atoms with Gasteiger partial charge in [-0.2, -0.15) is 4.99 Å². The van der Waals surface area contributed by atoms with Crippen LogP contribution in [0.1, 0.15) is 360 Å². The number of nitrogens with one attached hydrogen (secondary N) is 4. The number of aromatic nitrogens is 2. The number of anilines is 1. The van der Waals surface area contributed by atoms with E-state index in [9.17, 15) is 47.9 Å². The van der Waals surface area contributed by atoms with E-state index in [4.69, 9.17) is 59.3 Å². The number of ketones is 4. The Labute approximate surface area is 887 Å². The molecule has 23 nitrogen and oxygen atoms in total. The van der Waals surface area contributed by atoms with Crippen molar-refractivity contribution in [3.8, 4) is 11.5 Å². The van der Waals surface area contributed by atoms with E-state index >= 15 is 0 Å². The summed E-state index contributed by atoms with van der Waals surface area (Å²) in [5.41, 5.74) is 9.19. The van der Waals surface area contributed by atoms with E-state index in [1.165, 1.54) is 30.6 Å². The van der Waals surface area contributed by atoms with Gasteiger partial charge in [0.15, 0.2) is 23.1 Å². The third-order valence-electron chi connectivity index (χ3n) is 43.3. The number of hydrazine groups is 1. The Morgan fingerprint density at radius 3 is 1.17 bits per heavy atom. The van der Waals surface area contributed by atoms with Gasteiger partial charge in [-0.15, -0.1) is 5.10 Å². The SMILES string of the molecule is CC(=O)O[C@H]1CC[C@]2(C)[C@H]3CC[C@@H]4C5=C(C(C)C)C(=O)C[C@]5(N=C=O)CC[C@@]4(C)[C@]3(C)CC[C@H]2C1(C)C.CC(=O)O[C@H]1CC[C@]2(C)[C@H]3CC[C@@H]4C5=C(C(C)C)C(=O)C[C@]5(NC(=O)NCC(=O)c5ccc(Cl)cc5)CC[C@@]4(C)[C@]3(C)CC[C@H]2C1(C)C.CC(=O)O[C@H]1CC[C@]2(C)[C@H]3CC[C@@H]4C5=C(C(C)C)C(=O)C[C@]5(Nc5nnc(-c6ccc(Cl)cc6)o5)CC[C@@]4(C)[C@]3(C)CC[C@H]2C1(C)C.NNC(=O)c1ccc(Cl)cc1.[Li+].[OH-]. The molecular weight excluding hydrogens is 1880 g/mol. The number of Topliss-reactive ketones (excluding diaryl/α,β-unsaturated/α-hetero) is 4. The number of nitrogens with two attached hydrogens (primary N) is 1. The number of nitrogen functional groups attached to an aromatic ring is 1. The molecule has 12 fully saturated rings.